The van der Waals surface area contributed by atoms with E-state index in [1.54, 1.807) is 24.3 Å². The Morgan fingerprint density at radius 3 is 0.787 bits per heavy atom. The molecule has 0 fully saturated rings. The quantitative estimate of drug-likeness (QED) is 0.155. The van der Waals surface area contributed by atoms with E-state index >= 15 is 0 Å². The second-order valence-electron chi connectivity index (χ2n) is 10.5. The summed E-state index contributed by atoms with van der Waals surface area (Å²) in [7, 11) is 0. The SMILES string of the molecule is Nc1cc(C#Cc2ccccc2)c(Oc2c(C#Cc3ccccc3)cc(N)cc2C#Cc2ccccc2)c(C#Cc2ccccc2)c1. The number of nitrogen functional groups attached to an aromatic ring is 2. The van der Waals surface area contributed by atoms with Gasteiger partial charge in [0.15, 0.2) is 11.5 Å². The van der Waals surface area contributed by atoms with Crippen molar-refractivity contribution in [1.29, 1.82) is 0 Å². The van der Waals surface area contributed by atoms with Crippen molar-refractivity contribution in [1.82, 2.24) is 0 Å². The standard InChI is InChI=1S/C44H28N2O/c45-41-29-37(25-21-33-13-5-1-6-14-33)43(38(30-41)26-22-34-15-7-2-8-16-34)47-44-39(27-23-35-17-9-3-10-18-35)31-42(46)32-40(44)28-24-36-19-11-4-12-20-36/h1-20,29-32H,45-46H2. The summed E-state index contributed by atoms with van der Waals surface area (Å²) in [4.78, 5) is 0. The van der Waals surface area contributed by atoms with Gasteiger partial charge in [0.25, 0.3) is 0 Å². The van der Waals surface area contributed by atoms with Crippen LogP contribution in [0.1, 0.15) is 44.5 Å². The summed E-state index contributed by atoms with van der Waals surface area (Å²) < 4.78 is 6.85. The van der Waals surface area contributed by atoms with E-state index in [-0.39, 0.29) is 0 Å². The fraction of sp³-hybridized carbons (Fsp3) is 0. The molecule has 6 aromatic carbocycles. The Morgan fingerprint density at radius 2 is 0.553 bits per heavy atom. The Labute approximate surface area is 275 Å². The zero-order valence-corrected chi connectivity index (χ0v) is 25.4. The Balaban J connectivity index is 1.56. The molecule has 0 atom stereocenters. The van der Waals surface area contributed by atoms with Gasteiger partial charge in [-0.15, -0.1) is 0 Å². The van der Waals surface area contributed by atoms with Crippen LogP contribution in [-0.2, 0) is 0 Å². The summed E-state index contributed by atoms with van der Waals surface area (Å²) in [5.41, 5.74) is 19.6. The maximum absolute atomic E-state index is 6.85. The minimum absolute atomic E-state index is 0.446. The molecule has 47 heavy (non-hydrogen) atoms. The lowest BCUT2D eigenvalue weighted by molar-refractivity contribution is 0.477. The molecule has 0 unspecified atom stereocenters. The second kappa shape index (κ2) is 14.6. The largest absolute Gasteiger partial charge is 0.452 e. The number of benzene rings is 6. The van der Waals surface area contributed by atoms with Gasteiger partial charge < -0.3 is 16.2 Å². The number of rotatable bonds is 2. The van der Waals surface area contributed by atoms with Gasteiger partial charge in [-0.2, -0.15) is 0 Å². The highest BCUT2D eigenvalue weighted by Gasteiger charge is 2.17. The predicted octanol–water partition coefficient (Wildman–Crippen LogP) is 8.24. The van der Waals surface area contributed by atoms with Crippen molar-refractivity contribution >= 4 is 11.4 Å². The van der Waals surface area contributed by atoms with Crippen LogP contribution in [0.3, 0.4) is 0 Å². The molecule has 0 spiro atoms. The molecule has 4 N–H and O–H groups in total. The van der Waals surface area contributed by atoms with Crippen molar-refractivity contribution in [2.45, 2.75) is 0 Å². The fourth-order valence-corrected chi connectivity index (χ4v) is 4.64. The Kier molecular flexibility index (Phi) is 9.34. The van der Waals surface area contributed by atoms with Crippen molar-refractivity contribution in [3.8, 4) is 58.9 Å². The van der Waals surface area contributed by atoms with Gasteiger partial charge in [0.05, 0.1) is 22.3 Å². The van der Waals surface area contributed by atoms with Gasteiger partial charge in [-0.25, -0.2) is 0 Å². The molecule has 0 aliphatic rings. The van der Waals surface area contributed by atoms with Crippen LogP contribution in [0.2, 0.25) is 0 Å². The summed E-state index contributed by atoms with van der Waals surface area (Å²) in [5, 5.41) is 0. The molecule has 0 aliphatic heterocycles. The Morgan fingerprint density at radius 1 is 0.319 bits per heavy atom. The molecule has 0 saturated heterocycles. The van der Waals surface area contributed by atoms with Crippen molar-refractivity contribution < 1.29 is 4.74 Å². The van der Waals surface area contributed by atoms with E-state index in [1.165, 1.54) is 0 Å². The van der Waals surface area contributed by atoms with Crippen LogP contribution in [0, 0.1) is 47.4 Å². The molecule has 0 aliphatic carbocycles. The van der Waals surface area contributed by atoms with Crippen LogP contribution < -0.4 is 16.2 Å². The normalized spacial score (nSPS) is 9.62. The van der Waals surface area contributed by atoms with Crippen LogP contribution in [0.5, 0.6) is 11.5 Å². The van der Waals surface area contributed by atoms with E-state index in [0.29, 0.717) is 45.1 Å². The third-order valence-electron chi connectivity index (χ3n) is 6.89. The molecule has 0 heterocycles. The van der Waals surface area contributed by atoms with Crippen molar-refractivity contribution in [2.75, 3.05) is 11.5 Å². The lowest BCUT2D eigenvalue weighted by Crippen LogP contribution is -2.00. The van der Waals surface area contributed by atoms with Crippen molar-refractivity contribution in [3.63, 3.8) is 0 Å². The fourth-order valence-electron chi connectivity index (χ4n) is 4.64. The van der Waals surface area contributed by atoms with Crippen LogP contribution in [0.4, 0.5) is 11.4 Å². The van der Waals surface area contributed by atoms with Crippen LogP contribution in [0.15, 0.2) is 146 Å². The van der Waals surface area contributed by atoms with Crippen LogP contribution in [0.25, 0.3) is 0 Å². The molecule has 0 amide bonds. The Hall–Kier alpha value is -7.04. The monoisotopic (exact) mass is 600 g/mol. The third kappa shape index (κ3) is 8.12. The molecule has 0 bridgehead atoms. The summed E-state index contributed by atoms with van der Waals surface area (Å²) in [6.07, 6.45) is 0. The van der Waals surface area contributed by atoms with E-state index in [4.69, 9.17) is 16.2 Å². The zero-order valence-electron chi connectivity index (χ0n) is 25.4. The van der Waals surface area contributed by atoms with E-state index in [1.807, 2.05) is 121 Å². The van der Waals surface area contributed by atoms with Gasteiger partial charge in [0.1, 0.15) is 0 Å². The molecule has 6 rings (SSSR count). The molecule has 3 nitrogen and oxygen atoms in total. The van der Waals surface area contributed by atoms with Gasteiger partial charge >= 0.3 is 0 Å². The van der Waals surface area contributed by atoms with Gasteiger partial charge in [0, 0.05) is 33.6 Å². The number of ether oxygens (including phenoxy) is 1. The molecule has 3 heteroatoms. The number of hydrogen-bond acceptors (Lipinski definition) is 3. The van der Waals surface area contributed by atoms with E-state index in [2.05, 4.69) is 47.4 Å². The first-order chi connectivity index (χ1) is 23.1. The van der Waals surface area contributed by atoms with Crippen molar-refractivity contribution in [2.24, 2.45) is 0 Å². The third-order valence-corrected chi connectivity index (χ3v) is 6.89. The lowest BCUT2D eigenvalue weighted by atomic mass is 10.0. The highest BCUT2D eigenvalue weighted by Crippen LogP contribution is 2.36. The molecular weight excluding hydrogens is 572 g/mol. The van der Waals surface area contributed by atoms with Gasteiger partial charge in [-0.1, -0.05) is 120 Å². The minimum atomic E-state index is 0.446. The maximum Gasteiger partial charge on any atom is 0.158 e. The molecule has 0 saturated carbocycles. The average Bonchev–Trinajstić information content (AvgIpc) is 3.11. The van der Waals surface area contributed by atoms with E-state index in [9.17, 15) is 0 Å². The number of anilines is 2. The highest BCUT2D eigenvalue weighted by molar-refractivity contribution is 5.70. The second-order valence-corrected chi connectivity index (χ2v) is 10.5. The summed E-state index contributed by atoms with van der Waals surface area (Å²) in [6, 6.07) is 46.1. The zero-order chi connectivity index (χ0) is 32.3. The summed E-state index contributed by atoms with van der Waals surface area (Å²) in [6.45, 7) is 0. The number of nitrogens with two attached hydrogens (primary N) is 2. The summed E-state index contributed by atoms with van der Waals surface area (Å²) in [5.74, 6) is 26.9. The van der Waals surface area contributed by atoms with Gasteiger partial charge in [-0.05, 0) is 72.8 Å². The van der Waals surface area contributed by atoms with Gasteiger partial charge in [0.2, 0.25) is 0 Å². The first-order valence-electron chi connectivity index (χ1n) is 14.9. The van der Waals surface area contributed by atoms with E-state index in [0.717, 1.165) is 22.3 Å². The van der Waals surface area contributed by atoms with Crippen LogP contribution in [-0.4, -0.2) is 0 Å². The predicted molar refractivity (Wildman–Crippen MR) is 191 cm³/mol. The smallest absolute Gasteiger partial charge is 0.158 e. The summed E-state index contributed by atoms with van der Waals surface area (Å²) >= 11 is 0. The molecule has 0 aromatic heterocycles. The average molecular weight is 601 g/mol. The Bertz CT molecular complexity index is 1960. The molecule has 220 valence electrons. The molecular formula is C44H28N2O. The highest BCUT2D eigenvalue weighted by atomic mass is 16.5. The van der Waals surface area contributed by atoms with Crippen molar-refractivity contribution in [3.05, 3.63) is 190 Å². The molecule has 0 radical (unpaired) electrons. The maximum atomic E-state index is 6.85. The first-order valence-corrected chi connectivity index (χ1v) is 14.9. The van der Waals surface area contributed by atoms with E-state index < -0.39 is 0 Å². The number of hydrogen-bond donors (Lipinski definition) is 2. The minimum Gasteiger partial charge on any atom is -0.452 e. The lowest BCUT2D eigenvalue weighted by Gasteiger charge is -2.15. The van der Waals surface area contributed by atoms with Gasteiger partial charge in [-0.3, -0.25) is 0 Å². The molecule has 6 aromatic rings. The first kappa shape index (κ1) is 30.0. The van der Waals surface area contributed by atoms with Crippen LogP contribution >= 0.6 is 0 Å². The topological polar surface area (TPSA) is 61.3 Å².